The summed E-state index contributed by atoms with van der Waals surface area (Å²) in [6, 6.07) is 0. The van der Waals surface area contributed by atoms with Crippen LogP contribution in [0.3, 0.4) is 0 Å². The average Bonchev–Trinajstić information content (AvgIpc) is 1.61. The number of aliphatic carboxylic acids is 2. The zero-order valence-electron chi connectivity index (χ0n) is 5.71. The van der Waals surface area contributed by atoms with E-state index in [1.54, 1.807) is 0 Å². The molecule has 44 valence electrons. The van der Waals surface area contributed by atoms with Crippen molar-refractivity contribution in [3.8, 4) is 11.8 Å². The summed E-state index contributed by atoms with van der Waals surface area (Å²) in [4.78, 5) is 18.9. The molecular formula is C4H2K2O4. The fraction of sp³-hybridized carbons (Fsp3) is 0. The third-order valence-corrected chi connectivity index (χ3v) is 0.276. The molecule has 0 spiro atoms. The molecule has 0 aromatic carbocycles. The molecule has 0 aromatic rings. The molecule has 0 bridgehead atoms. The van der Waals surface area contributed by atoms with Crippen molar-refractivity contribution < 1.29 is 19.8 Å². The molecule has 0 heterocycles. The van der Waals surface area contributed by atoms with Gasteiger partial charge < -0.3 is 10.2 Å². The molecule has 0 aliphatic carbocycles. The summed E-state index contributed by atoms with van der Waals surface area (Å²) in [7, 11) is 0. The van der Waals surface area contributed by atoms with Crippen LogP contribution in [0.1, 0.15) is 0 Å². The monoisotopic (exact) mass is 192 g/mol. The molecule has 0 rings (SSSR count). The van der Waals surface area contributed by atoms with E-state index in [2.05, 4.69) is 0 Å². The second-order valence-electron chi connectivity index (χ2n) is 0.860. The van der Waals surface area contributed by atoms with Gasteiger partial charge in [-0.05, 0) is 0 Å². The van der Waals surface area contributed by atoms with Gasteiger partial charge in [0, 0.05) is 115 Å². The Morgan fingerprint density at radius 1 is 0.900 bits per heavy atom. The smallest absolute Gasteiger partial charge is 0.382 e. The number of carbonyl (C=O) groups is 2. The van der Waals surface area contributed by atoms with Crippen LogP contribution in [0.2, 0.25) is 0 Å². The average molecular weight is 192 g/mol. The van der Waals surface area contributed by atoms with Gasteiger partial charge in [0.05, 0.1) is 0 Å². The maximum absolute atomic E-state index is 9.47. The molecule has 0 saturated carbocycles. The van der Waals surface area contributed by atoms with Gasteiger partial charge >= 0.3 is 11.9 Å². The Bertz CT molecular complexity index is 159. The summed E-state index contributed by atoms with van der Waals surface area (Å²) in [5, 5.41) is 15.5. The van der Waals surface area contributed by atoms with Crippen LogP contribution >= 0.6 is 0 Å². The van der Waals surface area contributed by atoms with Gasteiger partial charge in [0.1, 0.15) is 0 Å². The van der Waals surface area contributed by atoms with Crippen LogP contribution in [-0.4, -0.2) is 125 Å². The Labute approximate surface area is 143 Å². The normalized spacial score (nSPS) is 5.20. The fourth-order valence-corrected chi connectivity index (χ4v) is 0.107. The molecule has 6 heteroatoms. The summed E-state index contributed by atoms with van der Waals surface area (Å²) >= 11 is 0. The van der Waals surface area contributed by atoms with E-state index in [0.29, 0.717) is 0 Å². The third kappa shape index (κ3) is 16.4. The first-order valence-electron chi connectivity index (χ1n) is 1.61. The molecule has 0 aliphatic rings. The predicted octanol–water partition coefficient (Wildman–Crippen LogP) is -1.60. The van der Waals surface area contributed by atoms with Crippen molar-refractivity contribution in [3.05, 3.63) is 0 Å². The quantitative estimate of drug-likeness (QED) is 0.358. The first-order chi connectivity index (χ1) is 3.63. The largest absolute Gasteiger partial charge is 0.472 e. The molecule has 4 nitrogen and oxygen atoms in total. The summed E-state index contributed by atoms with van der Waals surface area (Å²) in [5.74, 6) is -0.0511. The van der Waals surface area contributed by atoms with Gasteiger partial charge in [0.2, 0.25) is 0 Å². The molecule has 0 atom stereocenters. The molecular weight excluding hydrogens is 190 g/mol. The molecule has 10 heavy (non-hydrogen) atoms. The third-order valence-electron chi connectivity index (χ3n) is 0.276. The van der Waals surface area contributed by atoms with E-state index >= 15 is 0 Å². The molecule has 2 N–H and O–H groups in total. The van der Waals surface area contributed by atoms with Crippen LogP contribution in [0.4, 0.5) is 0 Å². The minimum absolute atomic E-state index is 0. The van der Waals surface area contributed by atoms with E-state index in [1.807, 2.05) is 0 Å². The summed E-state index contributed by atoms with van der Waals surface area (Å²) in [6.45, 7) is 0. The van der Waals surface area contributed by atoms with Crippen molar-refractivity contribution in [2.24, 2.45) is 0 Å². The minimum atomic E-state index is -1.44. The minimum Gasteiger partial charge on any atom is -0.472 e. The van der Waals surface area contributed by atoms with E-state index in [-0.39, 0.29) is 103 Å². The van der Waals surface area contributed by atoms with Crippen molar-refractivity contribution in [2.75, 3.05) is 0 Å². The first kappa shape index (κ1) is 17.8. The Morgan fingerprint density at radius 3 is 1.20 bits per heavy atom. The Kier molecular flexibility index (Phi) is 19.1. The van der Waals surface area contributed by atoms with Gasteiger partial charge in [-0.15, -0.1) is 0 Å². The maximum atomic E-state index is 9.47. The van der Waals surface area contributed by atoms with Crippen LogP contribution in [0.25, 0.3) is 0 Å². The van der Waals surface area contributed by atoms with Crippen molar-refractivity contribution in [2.45, 2.75) is 0 Å². The van der Waals surface area contributed by atoms with Crippen LogP contribution in [0.15, 0.2) is 0 Å². The second kappa shape index (κ2) is 10.8. The van der Waals surface area contributed by atoms with Crippen LogP contribution in [0, 0.1) is 11.8 Å². The molecule has 0 aromatic heterocycles. The van der Waals surface area contributed by atoms with Crippen LogP contribution in [0.5, 0.6) is 0 Å². The Morgan fingerprint density at radius 2 is 1.10 bits per heavy atom. The van der Waals surface area contributed by atoms with Gasteiger partial charge in [-0.25, -0.2) is 9.59 Å². The summed E-state index contributed by atoms with van der Waals surface area (Å²) in [6.07, 6.45) is 0. The fourth-order valence-electron chi connectivity index (χ4n) is 0.107. The Hall–Kier alpha value is 1.77. The van der Waals surface area contributed by atoms with Gasteiger partial charge in [-0.1, -0.05) is 0 Å². The maximum Gasteiger partial charge on any atom is 0.382 e. The van der Waals surface area contributed by atoms with Crippen molar-refractivity contribution >= 4 is 115 Å². The summed E-state index contributed by atoms with van der Waals surface area (Å²) < 4.78 is 0. The van der Waals surface area contributed by atoms with Gasteiger partial charge in [-0.3, -0.25) is 0 Å². The van der Waals surface area contributed by atoms with Crippen molar-refractivity contribution in [3.63, 3.8) is 0 Å². The van der Waals surface area contributed by atoms with E-state index in [0.717, 1.165) is 0 Å². The van der Waals surface area contributed by atoms with Crippen molar-refractivity contribution in [1.29, 1.82) is 0 Å². The second-order valence-corrected chi connectivity index (χ2v) is 0.860. The van der Waals surface area contributed by atoms with Gasteiger partial charge in [-0.2, -0.15) is 0 Å². The molecule has 2 radical (unpaired) electrons. The number of rotatable bonds is 0. The molecule has 0 saturated heterocycles. The van der Waals surface area contributed by atoms with E-state index in [4.69, 9.17) is 10.2 Å². The molecule has 0 fully saturated rings. The van der Waals surface area contributed by atoms with E-state index < -0.39 is 11.9 Å². The molecule has 0 amide bonds. The summed E-state index contributed by atoms with van der Waals surface area (Å²) in [5.41, 5.74) is 0. The number of hydrogen-bond acceptors (Lipinski definition) is 2. The number of carboxylic acids is 2. The topological polar surface area (TPSA) is 74.6 Å². The van der Waals surface area contributed by atoms with E-state index in [1.165, 1.54) is 11.8 Å². The standard InChI is InChI=1S/C4H2O4.2K/c5-3(6)1-2-4(7)8;;/h(H,5,6)(H,7,8);;. The van der Waals surface area contributed by atoms with Crippen LogP contribution < -0.4 is 0 Å². The number of hydrogen-bond donors (Lipinski definition) is 2. The number of carboxylic acid groups (broad SMARTS) is 2. The molecule has 0 aliphatic heterocycles. The SMILES string of the molecule is O=C(O)C#CC(=O)O.[K].[K]. The zero-order valence-corrected chi connectivity index (χ0v) is 12.0. The predicted molar refractivity (Wildman–Crippen MR) is 34.6 cm³/mol. The van der Waals surface area contributed by atoms with Gasteiger partial charge in [0.15, 0.2) is 0 Å². The van der Waals surface area contributed by atoms with Crippen molar-refractivity contribution in [1.82, 2.24) is 0 Å². The first-order valence-corrected chi connectivity index (χ1v) is 1.61. The van der Waals surface area contributed by atoms with Gasteiger partial charge in [0.25, 0.3) is 0 Å². The zero-order chi connectivity index (χ0) is 6.57. The Balaban J connectivity index is -0.000000245. The molecule has 0 unspecified atom stereocenters. The van der Waals surface area contributed by atoms with E-state index in [9.17, 15) is 9.59 Å². The van der Waals surface area contributed by atoms with Crippen LogP contribution in [-0.2, 0) is 9.59 Å².